The molecule has 1 aromatic carbocycles. The molecule has 0 spiro atoms. The van der Waals surface area contributed by atoms with Crippen LogP contribution >= 0.6 is 0 Å². The normalized spacial score (nSPS) is 10.0. The van der Waals surface area contributed by atoms with Crippen LogP contribution in [0, 0.1) is 6.92 Å². The van der Waals surface area contributed by atoms with Gasteiger partial charge in [-0.05, 0) is 13.3 Å². The van der Waals surface area contributed by atoms with Crippen molar-refractivity contribution in [1.29, 1.82) is 0 Å². The van der Waals surface area contributed by atoms with Crippen molar-refractivity contribution in [2.75, 3.05) is 28.4 Å². The van der Waals surface area contributed by atoms with Gasteiger partial charge >= 0.3 is 0 Å². The average molecular weight is 240 g/mol. The minimum Gasteiger partial charge on any atom is -0.492 e. The monoisotopic (exact) mass is 240 g/mol. The van der Waals surface area contributed by atoms with Crippen LogP contribution in [0.2, 0.25) is 0 Å². The van der Waals surface area contributed by atoms with Gasteiger partial charge < -0.3 is 18.9 Å². The van der Waals surface area contributed by atoms with Crippen molar-refractivity contribution in [3.8, 4) is 23.0 Å². The van der Waals surface area contributed by atoms with Gasteiger partial charge in [0.15, 0.2) is 11.5 Å². The largest absolute Gasteiger partial charge is 0.492 e. The van der Waals surface area contributed by atoms with Crippen LogP contribution in [-0.4, -0.2) is 28.4 Å². The van der Waals surface area contributed by atoms with Gasteiger partial charge in [0.05, 0.1) is 28.4 Å². The summed E-state index contributed by atoms with van der Waals surface area (Å²) in [7, 11) is 6.43. The molecule has 0 saturated heterocycles. The minimum absolute atomic E-state index is 0.571. The van der Waals surface area contributed by atoms with Gasteiger partial charge in [-0.2, -0.15) is 0 Å². The van der Waals surface area contributed by atoms with Crippen LogP contribution in [-0.2, 0) is 6.42 Å². The molecule has 0 heterocycles. The van der Waals surface area contributed by atoms with Gasteiger partial charge in [-0.3, -0.25) is 0 Å². The molecule has 96 valence electrons. The summed E-state index contributed by atoms with van der Waals surface area (Å²) < 4.78 is 21.5. The van der Waals surface area contributed by atoms with Crippen LogP contribution in [0.1, 0.15) is 18.1 Å². The Morgan fingerprint density at radius 2 is 1.12 bits per heavy atom. The van der Waals surface area contributed by atoms with E-state index in [0.29, 0.717) is 23.0 Å². The lowest BCUT2D eigenvalue weighted by Gasteiger charge is -2.20. The van der Waals surface area contributed by atoms with Gasteiger partial charge in [-0.15, -0.1) is 0 Å². The Balaban J connectivity index is 3.66. The van der Waals surface area contributed by atoms with Crippen molar-refractivity contribution in [2.24, 2.45) is 0 Å². The van der Waals surface area contributed by atoms with Crippen molar-refractivity contribution in [2.45, 2.75) is 20.3 Å². The maximum atomic E-state index is 5.42. The van der Waals surface area contributed by atoms with E-state index >= 15 is 0 Å². The zero-order valence-electron chi connectivity index (χ0n) is 11.3. The minimum atomic E-state index is 0.571. The van der Waals surface area contributed by atoms with E-state index in [1.807, 2.05) is 6.92 Å². The number of ether oxygens (including phenoxy) is 4. The molecular weight excluding hydrogens is 220 g/mol. The first-order valence-corrected chi connectivity index (χ1v) is 5.51. The van der Waals surface area contributed by atoms with E-state index < -0.39 is 0 Å². The summed E-state index contributed by atoms with van der Waals surface area (Å²) >= 11 is 0. The molecule has 0 bridgehead atoms. The predicted octanol–water partition coefficient (Wildman–Crippen LogP) is 2.59. The summed E-state index contributed by atoms with van der Waals surface area (Å²) in [5, 5.41) is 0. The lowest BCUT2D eigenvalue weighted by molar-refractivity contribution is 0.302. The van der Waals surface area contributed by atoms with Gasteiger partial charge in [0.2, 0.25) is 11.5 Å². The molecule has 0 radical (unpaired) electrons. The Morgan fingerprint density at radius 3 is 1.47 bits per heavy atom. The zero-order chi connectivity index (χ0) is 13.0. The van der Waals surface area contributed by atoms with Crippen molar-refractivity contribution in [1.82, 2.24) is 0 Å². The summed E-state index contributed by atoms with van der Waals surface area (Å²) in [6, 6.07) is 0. The average Bonchev–Trinajstić information content (AvgIpc) is 2.36. The summed E-state index contributed by atoms with van der Waals surface area (Å²) in [6.45, 7) is 4.05. The Hall–Kier alpha value is -1.58. The smallest absolute Gasteiger partial charge is 0.207 e. The molecule has 0 unspecified atom stereocenters. The van der Waals surface area contributed by atoms with E-state index in [2.05, 4.69) is 6.92 Å². The second-order valence-electron chi connectivity index (χ2n) is 3.59. The van der Waals surface area contributed by atoms with E-state index in [0.717, 1.165) is 17.5 Å². The van der Waals surface area contributed by atoms with Crippen LogP contribution < -0.4 is 18.9 Å². The van der Waals surface area contributed by atoms with E-state index in [4.69, 9.17) is 18.9 Å². The molecule has 4 nitrogen and oxygen atoms in total. The summed E-state index contributed by atoms with van der Waals surface area (Å²) in [5.41, 5.74) is 2.09. The topological polar surface area (TPSA) is 36.9 Å². The fraction of sp³-hybridized carbons (Fsp3) is 0.538. The number of hydrogen-bond acceptors (Lipinski definition) is 4. The molecule has 4 heteroatoms. The van der Waals surface area contributed by atoms with Gasteiger partial charge in [-0.1, -0.05) is 6.92 Å². The Morgan fingerprint density at radius 1 is 0.706 bits per heavy atom. The first kappa shape index (κ1) is 13.5. The zero-order valence-corrected chi connectivity index (χ0v) is 11.3. The molecule has 0 N–H and O–H groups in total. The van der Waals surface area contributed by atoms with Crippen molar-refractivity contribution in [3.63, 3.8) is 0 Å². The van der Waals surface area contributed by atoms with Crippen molar-refractivity contribution in [3.05, 3.63) is 11.1 Å². The molecule has 0 aliphatic rings. The molecular formula is C13H20O4. The lowest BCUT2D eigenvalue weighted by atomic mass is 10.0. The van der Waals surface area contributed by atoms with E-state index in [1.165, 1.54) is 0 Å². The molecule has 0 amide bonds. The second-order valence-corrected chi connectivity index (χ2v) is 3.59. The SMILES string of the molecule is CCc1c(C)c(OC)c(OC)c(OC)c1OC. The molecule has 1 aromatic rings. The fourth-order valence-electron chi connectivity index (χ4n) is 2.08. The fourth-order valence-corrected chi connectivity index (χ4v) is 2.08. The first-order chi connectivity index (χ1) is 8.15. The molecule has 0 aliphatic carbocycles. The third-order valence-electron chi connectivity index (χ3n) is 2.86. The summed E-state index contributed by atoms with van der Waals surface area (Å²) in [6.07, 6.45) is 0.839. The third kappa shape index (κ3) is 2.12. The van der Waals surface area contributed by atoms with E-state index in [-0.39, 0.29) is 0 Å². The number of rotatable bonds is 5. The van der Waals surface area contributed by atoms with E-state index in [1.54, 1.807) is 28.4 Å². The predicted molar refractivity (Wildman–Crippen MR) is 66.8 cm³/mol. The van der Waals surface area contributed by atoms with Gasteiger partial charge in [-0.25, -0.2) is 0 Å². The van der Waals surface area contributed by atoms with E-state index in [9.17, 15) is 0 Å². The molecule has 1 rings (SSSR count). The number of methoxy groups -OCH3 is 4. The quantitative estimate of drug-likeness (QED) is 0.792. The summed E-state index contributed by atoms with van der Waals surface area (Å²) in [5.74, 6) is 2.56. The highest BCUT2D eigenvalue weighted by atomic mass is 16.5. The standard InChI is InChI=1S/C13H20O4/c1-7-9-8(2)10(14-3)12(16-5)13(17-6)11(9)15-4/h7H2,1-6H3. The maximum Gasteiger partial charge on any atom is 0.207 e. The summed E-state index contributed by atoms with van der Waals surface area (Å²) in [4.78, 5) is 0. The lowest BCUT2D eigenvalue weighted by Crippen LogP contribution is -2.04. The van der Waals surface area contributed by atoms with Gasteiger partial charge in [0.25, 0.3) is 0 Å². The van der Waals surface area contributed by atoms with Crippen LogP contribution in [0.15, 0.2) is 0 Å². The maximum absolute atomic E-state index is 5.42. The van der Waals surface area contributed by atoms with Crippen molar-refractivity contribution >= 4 is 0 Å². The molecule has 0 aromatic heterocycles. The number of benzene rings is 1. The second kappa shape index (κ2) is 5.66. The third-order valence-corrected chi connectivity index (χ3v) is 2.86. The van der Waals surface area contributed by atoms with Crippen LogP contribution in [0.4, 0.5) is 0 Å². The highest BCUT2D eigenvalue weighted by Gasteiger charge is 2.24. The Bertz CT molecular complexity index is 366. The highest BCUT2D eigenvalue weighted by molar-refractivity contribution is 5.66. The van der Waals surface area contributed by atoms with Crippen molar-refractivity contribution < 1.29 is 18.9 Å². The Kier molecular flexibility index (Phi) is 4.49. The molecule has 0 aliphatic heterocycles. The van der Waals surface area contributed by atoms with Gasteiger partial charge in [0.1, 0.15) is 0 Å². The van der Waals surface area contributed by atoms with Crippen LogP contribution in [0.3, 0.4) is 0 Å². The molecule has 17 heavy (non-hydrogen) atoms. The number of hydrogen-bond donors (Lipinski definition) is 0. The van der Waals surface area contributed by atoms with Gasteiger partial charge in [0, 0.05) is 11.1 Å². The Labute approximate surface area is 102 Å². The highest BCUT2D eigenvalue weighted by Crippen LogP contribution is 2.49. The molecule has 0 fully saturated rings. The molecule has 0 atom stereocenters. The van der Waals surface area contributed by atoms with Crippen LogP contribution in [0.25, 0.3) is 0 Å². The van der Waals surface area contributed by atoms with Crippen LogP contribution in [0.5, 0.6) is 23.0 Å². The molecule has 0 saturated carbocycles. The first-order valence-electron chi connectivity index (χ1n) is 5.51.